The minimum atomic E-state index is 0.261. The van der Waals surface area contributed by atoms with Gasteiger partial charge in [0.25, 0.3) is 0 Å². The van der Waals surface area contributed by atoms with Crippen LogP contribution in [0.4, 0.5) is 0 Å². The third kappa shape index (κ3) is 2.86. The van der Waals surface area contributed by atoms with E-state index in [0.29, 0.717) is 6.04 Å². The standard InChI is InChI=1S/C15H18N2OS/c18-11-13-7-4-8-17(13)10-15-16-9-14(19-15)12-5-2-1-3-6-12/h1-3,5-6,9,13,18H,4,7-8,10-11H2/t13-/m0/s1. The molecule has 1 aromatic carbocycles. The van der Waals surface area contributed by atoms with Gasteiger partial charge in [0.2, 0.25) is 0 Å². The minimum absolute atomic E-state index is 0.261. The molecule has 1 aromatic heterocycles. The van der Waals surface area contributed by atoms with E-state index in [-0.39, 0.29) is 6.61 Å². The molecule has 0 radical (unpaired) electrons. The maximum atomic E-state index is 9.34. The molecular weight excluding hydrogens is 256 g/mol. The Bertz CT molecular complexity index is 526. The second-order valence-electron chi connectivity index (χ2n) is 4.93. The number of aliphatic hydroxyl groups is 1. The van der Waals surface area contributed by atoms with Crippen LogP contribution in [0.1, 0.15) is 17.8 Å². The summed E-state index contributed by atoms with van der Waals surface area (Å²) < 4.78 is 0. The van der Waals surface area contributed by atoms with Gasteiger partial charge in [-0.1, -0.05) is 30.3 Å². The van der Waals surface area contributed by atoms with Crippen LogP contribution < -0.4 is 0 Å². The first kappa shape index (κ1) is 12.8. The Labute approximate surface area is 117 Å². The molecule has 3 nitrogen and oxygen atoms in total. The van der Waals surface area contributed by atoms with Gasteiger partial charge in [-0.3, -0.25) is 4.90 Å². The molecule has 1 aliphatic rings. The second-order valence-corrected chi connectivity index (χ2v) is 6.05. The van der Waals surface area contributed by atoms with Crippen molar-refractivity contribution in [3.05, 3.63) is 41.5 Å². The van der Waals surface area contributed by atoms with Crippen LogP contribution >= 0.6 is 11.3 Å². The molecule has 0 saturated carbocycles. The lowest BCUT2D eigenvalue weighted by Crippen LogP contribution is -2.31. The molecule has 2 aromatic rings. The highest BCUT2D eigenvalue weighted by atomic mass is 32.1. The molecule has 0 spiro atoms. The van der Waals surface area contributed by atoms with Gasteiger partial charge in [-0.05, 0) is 24.9 Å². The van der Waals surface area contributed by atoms with E-state index in [0.717, 1.165) is 24.5 Å². The van der Waals surface area contributed by atoms with Gasteiger partial charge >= 0.3 is 0 Å². The van der Waals surface area contributed by atoms with Gasteiger partial charge in [0.1, 0.15) is 5.01 Å². The van der Waals surface area contributed by atoms with Gasteiger partial charge in [-0.25, -0.2) is 4.98 Å². The minimum Gasteiger partial charge on any atom is -0.395 e. The highest BCUT2D eigenvalue weighted by Gasteiger charge is 2.24. The molecule has 19 heavy (non-hydrogen) atoms. The number of aliphatic hydroxyl groups excluding tert-OH is 1. The zero-order chi connectivity index (χ0) is 13.1. The quantitative estimate of drug-likeness (QED) is 0.931. The van der Waals surface area contributed by atoms with E-state index < -0.39 is 0 Å². The molecule has 2 heterocycles. The largest absolute Gasteiger partial charge is 0.395 e. The summed E-state index contributed by atoms with van der Waals surface area (Å²) in [6.07, 6.45) is 4.24. The van der Waals surface area contributed by atoms with Gasteiger partial charge < -0.3 is 5.11 Å². The number of hydrogen-bond acceptors (Lipinski definition) is 4. The van der Waals surface area contributed by atoms with Crippen LogP contribution in [0.15, 0.2) is 36.5 Å². The summed E-state index contributed by atoms with van der Waals surface area (Å²) in [6.45, 7) is 2.20. The number of benzene rings is 1. The van der Waals surface area contributed by atoms with Crippen LogP contribution in [0.3, 0.4) is 0 Å². The van der Waals surface area contributed by atoms with Gasteiger partial charge in [0, 0.05) is 12.2 Å². The number of hydrogen-bond donors (Lipinski definition) is 1. The average molecular weight is 274 g/mol. The maximum absolute atomic E-state index is 9.34. The molecule has 3 rings (SSSR count). The zero-order valence-corrected chi connectivity index (χ0v) is 11.6. The topological polar surface area (TPSA) is 36.4 Å². The van der Waals surface area contributed by atoms with E-state index in [2.05, 4.69) is 34.1 Å². The molecule has 1 aliphatic heterocycles. The van der Waals surface area contributed by atoms with Crippen LogP contribution in [-0.4, -0.2) is 34.2 Å². The molecular formula is C15H18N2OS. The summed E-state index contributed by atoms with van der Waals surface area (Å²) in [5, 5.41) is 10.5. The molecule has 1 saturated heterocycles. The molecule has 1 N–H and O–H groups in total. The van der Waals surface area contributed by atoms with Crippen LogP contribution in [-0.2, 0) is 6.54 Å². The van der Waals surface area contributed by atoms with E-state index in [1.165, 1.54) is 16.9 Å². The average Bonchev–Trinajstić information content (AvgIpc) is 3.09. The molecule has 0 aliphatic carbocycles. The summed E-state index contributed by atoms with van der Waals surface area (Å²) in [5.74, 6) is 0. The molecule has 0 bridgehead atoms. The molecule has 1 fully saturated rings. The fourth-order valence-electron chi connectivity index (χ4n) is 2.60. The van der Waals surface area contributed by atoms with Crippen molar-refractivity contribution >= 4 is 11.3 Å². The Morgan fingerprint density at radius 1 is 1.32 bits per heavy atom. The normalized spacial score (nSPS) is 19.9. The van der Waals surface area contributed by atoms with E-state index >= 15 is 0 Å². The fourth-order valence-corrected chi connectivity index (χ4v) is 3.55. The van der Waals surface area contributed by atoms with Crippen LogP contribution in [0, 0.1) is 0 Å². The third-order valence-electron chi connectivity index (χ3n) is 3.66. The van der Waals surface area contributed by atoms with Crippen LogP contribution in [0.25, 0.3) is 10.4 Å². The molecule has 0 unspecified atom stereocenters. The summed E-state index contributed by atoms with van der Waals surface area (Å²) in [7, 11) is 0. The summed E-state index contributed by atoms with van der Waals surface area (Å²) >= 11 is 1.75. The highest BCUT2D eigenvalue weighted by Crippen LogP contribution is 2.28. The summed E-state index contributed by atoms with van der Waals surface area (Å²) in [6, 6.07) is 10.7. The Balaban J connectivity index is 1.72. The first-order valence-electron chi connectivity index (χ1n) is 6.72. The van der Waals surface area contributed by atoms with Gasteiger partial charge in [-0.2, -0.15) is 0 Å². The second kappa shape index (κ2) is 5.82. The van der Waals surface area contributed by atoms with Crippen molar-refractivity contribution in [2.75, 3.05) is 13.2 Å². The summed E-state index contributed by atoms with van der Waals surface area (Å²) in [4.78, 5) is 8.08. The van der Waals surface area contributed by atoms with Gasteiger partial charge in [0.05, 0.1) is 18.0 Å². The van der Waals surface area contributed by atoms with Crippen molar-refractivity contribution in [1.82, 2.24) is 9.88 Å². The number of rotatable bonds is 4. The number of nitrogens with zero attached hydrogens (tertiary/aromatic N) is 2. The van der Waals surface area contributed by atoms with E-state index in [9.17, 15) is 5.11 Å². The van der Waals surface area contributed by atoms with Crippen molar-refractivity contribution < 1.29 is 5.11 Å². The van der Waals surface area contributed by atoms with E-state index in [4.69, 9.17) is 0 Å². The molecule has 1 atom stereocenters. The Morgan fingerprint density at radius 2 is 2.16 bits per heavy atom. The van der Waals surface area contributed by atoms with Crippen molar-refractivity contribution in [3.63, 3.8) is 0 Å². The SMILES string of the molecule is OC[C@@H]1CCCN1Cc1ncc(-c2ccccc2)s1. The molecule has 0 amide bonds. The number of likely N-dealkylation sites (tertiary alicyclic amines) is 1. The van der Waals surface area contributed by atoms with Crippen molar-refractivity contribution in [2.24, 2.45) is 0 Å². The van der Waals surface area contributed by atoms with Gasteiger partial charge in [-0.15, -0.1) is 11.3 Å². The van der Waals surface area contributed by atoms with Crippen LogP contribution in [0.5, 0.6) is 0 Å². The van der Waals surface area contributed by atoms with E-state index in [1.807, 2.05) is 12.3 Å². The number of aromatic nitrogens is 1. The highest BCUT2D eigenvalue weighted by molar-refractivity contribution is 7.15. The Morgan fingerprint density at radius 3 is 2.95 bits per heavy atom. The summed E-state index contributed by atoms with van der Waals surface area (Å²) in [5.41, 5.74) is 1.23. The van der Waals surface area contributed by atoms with Crippen molar-refractivity contribution in [2.45, 2.75) is 25.4 Å². The first-order chi connectivity index (χ1) is 9.36. The third-order valence-corrected chi connectivity index (χ3v) is 4.69. The van der Waals surface area contributed by atoms with E-state index in [1.54, 1.807) is 11.3 Å². The van der Waals surface area contributed by atoms with Gasteiger partial charge in [0.15, 0.2) is 0 Å². The van der Waals surface area contributed by atoms with Crippen LogP contribution in [0.2, 0.25) is 0 Å². The first-order valence-corrected chi connectivity index (χ1v) is 7.53. The van der Waals surface area contributed by atoms with Crippen molar-refractivity contribution in [3.8, 4) is 10.4 Å². The molecule has 100 valence electrons. The zero-order valence-electron chi connectivity index (χ0n) is 10.8. The Kier molecular flexibility index (Phi) is 3.92. The lowest BCUT2D eigenvalue weighted by molar-refractivity contribution is 0.153. The fraction of sp³-hybridized carbons (Fsp3) is 0.400. The monoisotopic (exact) mass is 274 g/mol. The lowest BCUT2D eigenvalue weighted by atomic mass is 10.2. The smallest absolute Gasteiger partial charge is 0.107 e. The Hall–Kier alpha value is -1.23. The predicted molar refractivity (Wildman–Crippen MR) is 78.1 cm³/mol. The maximum Gasteiger partial charge on any atom is 0.107 e. The molecule has 4 heteroatoms. The van der Waals surface area contributed by atoms with Crippen molar-refractivity contribution in [1.29, 1.82) is 0 Å². The number of thiazole rings is 1. The predicted octanol–water partition coefficient (Wildman–Crippen LogP) is 2.77. The lowest BCUT2D eigenvalue weighted by Gasteiger charge is -2.20.